The fourth-order valence-electron chi connectivity index (χ4n) is 2.00. The van der Waals surface area contributed by atoms with E-state index in [-0.39, 0.29) is 7.43 Å². The molecule has 4 rings (SSSR count). The molecule has 0 aromatic carbocycles. The topological polar surface area (TPSA) is 144 Å². The molecule has 0 aliphatic carbocycles. The number of hydrogen-bond donors (Lipinski definition) is 2. The zero-order chi connectivity index (χ0) is 24.1. The third-order valence-corrected chi connectivity index (χ3v) is 4.70. The summed E-state index contributed by atoms with van der Waals surface area (Å²) < 4.78 is 15.6. The van der Waals surface area contributed by atoms with Crippen LogP contribution in [0, 0.1) is 0 Å². The van der Waals surface area contributed by atoms with Gasteiger partial charge in [0.1, 0.15) is 23.9 Å². The van der Waals surface area contributed by atoms with Gasteiger partial charge in [0.15, 0.2) is 11.6 Å². The zero-order valence-electron chi connectivity index (χ0n) is 17.6. The van der Waals surface area contributed by atoms with E-state index in [9.17, 15) is 0 Å². The van der Waals surface area contributed by atoms with Crippen molar-refractivity contribution in [1.29, 1.82) is 0 Å². The number of anilines is 3. The van der Waals surface area contributed by atoms with Crippen LogP contribution >= 0.6 is 47.8 Å². The van der Waals surface area contributed by atoms with E-state index in [2.05, 4.69) is 83.7 Å². The molecule has 3 N–H and O–H groups in total. The largest absolute Gasteiger partial charge is 0.381 e. The maximum Gasteiger partial charge on any atom is 0.174 e. The third-order valence-electron chi connectivity index (χ3n) is 3.29. The Hall–Kier alpha value is -2.46. The van der Waals surface area contributed by atoms with E-state index in [0.29, 0.717) is 30.9 Å². The summed E-state index contributed by atoms with van der Waals surface area (Å²) in [4.78, 5) is 8.11. The van der Waals surface area contributed by atoms with Crippen LogP contribution in [0.15, 0.2) is 62.6 Å². The van der Waals surface area contributed by atoms with Crippen LogP contribution in [0.1, 0.15) is 7.43 Å². The van der Waals surface area contributed by atoms with Crippen LogP contribution in [0.25, 0.3) is 0 Å². The van der Waals surface area contributed by atoms with Crippen LogP contribution in [-0.2, 0) is 22.9 Å². The summed E-state index contributed by atoms with van der Waals surface area (Å²) in [6, 6.07) is 7.55. The Balaban J connectivity index is 0.000000274. The lowest BCUT2D eigenvalue weighted by Crippen LogP contribution is -1.99. The van der Waals surface area contributed by atoms with E-state index >= 15 is 0 Å². The second-order valence-corrected chi connectivity index (χ2v) is 8.59. The number of methoxy groups -OCH3 is 2. The molecule has 34 heavy (non-hydrogen) atoms. The molecule has 0 atom stereocenters. The van der Waals surface area contributed by atoms with Crippen LogP contribution in [0.2, 0.25) is 0 Å². The highest BCUT2D eigenvalue weighted by atomic mass is 79.9. The van der Waals surface area contributed by atoms with Gasteiger partial charge >= 0.3 is 0 Å². The first-order chi connectivity index (χ1) is 15.9. The number of nitrogens with one attached hydrogen (secondary N) is 1. The second-order valence-electron chi connectivity index (χ2n) is 5.95. The van der Waals surface area contributed by atoms with Gasteiger partial charge in [-0.05, 0) is 72.1 Å². The number of halogens is 3. The van der Waals surface area contributed by atoms with Crippen molar-refractivity contribution in [2.75, 3.05) is 25.3 Å². The van der Waals surface area contributed by atoms with Gasteiger partial charge in [0.2, 0.25) is 0 Å². The van der Waals surface area contributed by atoms with Crippen LogP contribution in [0.5, 0.6) is 0 Å². The van der Waals surface area contributed by atoms with E-state index in [1.807, 2.05) is 24.3 Å². The lowest BCUT2D eigenvalue weighted by molar-refractivity contribution is 0.119. The predicted octanol–water partition coefficient (Wildman–Crippen LogP) is 4.49. The molecule has 0 radical (unpaired) electrons. The fraction of sp³-hybridized carbons (Fsp3) is 0.263. The van der Waals surface area contributed by atoms with Gasteiger partial charge in [0, 0.05) is 35.6 Å². The van der Waals surface area contributed by atoms with Crippen molar-refractivity contribution in [2.24, 2.45) is 0 Å². The quantitative estimate of drug-likeness (QED) is 0.283. The summed E-state index contributed by atoms with van der Waals surface area (Å²) in [5.74, 6) is 1.76. The van der Waals surface area contributed by atoms with E-state index in [1.54, 1.807) is 43.7 Å². The summed E-state index contributed by atoms with van der Waals surface area (Å²) >= 11 is 9.79. The molecule has 0 aliphatic rings. The number of ether oxygens (including phenoxy) is 2. The van der Waals surface area contributed by atoms with E-state index in [0.717, 1.165) is 13.5 Å². The molecule has 0 amide bonds. The minimum absolute atomic E-state index is 0. The first-order valence-corrected chi connectivity index (χ1v) is 11.5. The van der Waals surface area contributed by atoms with Gasteiger partial charge in [-0.1, -0.05) is 17.9 Å². The molecule has 0 saturated heterocycles. The monoisotopic (exact) mass is 662 g/mol. The van der Waals surface area contributed by atoms with Crippen LogP contribution in [0.4, 0.5) is 17.5 Å². The molecule has 0 fully saturated rings. The SMILES string of the molecule is Brc1ccc(Br)nc1.C.COCn1cc(N)nn1.COCn1cc(Nc2ccc(Br)cn2)nn1. The average molecular weight is 665 g/mol. The fourth-order valence-corrected chi connectivity index (χ4v) is 2.70. The maximum atomic E-state index is 5.26. The molecule has 15 heteroatoms. The minimum Gasteiger partial charge on any atom is -0.381 e. The van der Waals surface area contributed by atoms with Gasteiger partial charge in [-0.15, -0.1) is 10.2 Å². The molecule has 4 heterocycles. The lowest BCUT2D eigenvalue weighted by atomic mass is 10.4. The lowest BCUT2D eigenvalue weighted by Gasteiger charge is -2.00. The molecule has 4 aromatic heterocycles. The number of pyridine rings is 2. The number of rotatable bonds is 6. The first-order valence-electron chi connectivity index (χ1n) is 9.09. The molecular weight excluding hydrogens is 640 g/mol. The number of nitrogen functional groups attached to an aromatic ring is 1. The number of aromatic nitrogens is 8. The molecule has 0 spiro atoms. The second kappa shape index (κ2) is 16.2. The molecule has 12 nitrogen and oxygen atoms in total. The molecule has 0 saturated carbocycles. The molecule has 0 bridgehead atoms. The van der Waals surface area contributed by atoms with E-state index in [1.165, 1.54) is 4.68 Å². The Bertz CT molecular complexity index is 1050. The smallest absolute Gasteiger partial charge is 0.174 e. The Labute approximate surface area is 222 Å². The van der Waals surface area contributed by atoms with Gasteiger partial charge < -0.3 is 20.5 Å². The molecular formula is C19H25Br3N10O2. The van der Waals surface area contributed by atoms with Crippen LogP contribution in [0.3, 0.4) is 0 Å². The molecule has 0 unspecified atom stereocenters. The maximum absolute atomic E-state index is 5.26. The highest BCUT2D eigenvalue weighted by Gasteiger charge is 2.01. The van der Waals surface area contributed by atoms with Crippen molar-refractivity contribution in [1.82, 2.24) is 40.0 Å². The van der Waals surface area contributed by atoms with Gasteiger partial charge in [-0.25, -0.2) is 19.3 Å². The minimum atomic E-state index is 0. The van der Waals surface area contributed by atoms with Gasteiger partial charge in [0.05, 0.1) is 12.4 Å². The zero-order valence-corrected chi connectivity index (χ0v) is 22.4. The average Bonchev–Trinajstić information content (AvgIpc) is 3.42. The Morgan fingerprint density at radius 2 is 1.41 bits per heavy atom. The van der Waals surface area contributed by atoms with Crippen molar-refractivity contribution in [3.63, 3.8) is 0 Å². The normalized spacial score (nSPS) is 9.68. The van der Waals surface area contributed by atoms with Crippen molar-refractivity contribution in [3.8, 4) is 0 Å². The Morgan fingerprint density at radius 3 is 1.88 bits per heavy atom. The molecule has 184 valence electrons. The van der Waals surface area contributed by atoms with Crippen molar-refractivity contribution in [2.45, 2.75) is 20.9 Å². The summed E-state index contributed by atoms with van der Waals surface area (Å²) in [5, 5.41) is 18.0. The Morgan fingerprint density at radius 1 is 0.824 bits per heavy atom. The van der Waals surface area contributed by atoms with Crippen molar-refractivity contribution >= 4 is 65.2 Å². The summed E-state index contributed by atoms with van der Waals surface area (Å²) in [6.07, 6.45) is 6.79. The van der Waals surface area contributed by atoms with Crippen molar-refractivity contribution < 1.29 is 9.47 Å². The summed E-state index contributed by atoms with van der Waals surface area (Å²) in [7, 11) is 3.18. The highest BCUT2D eigenvalue weighted by molar-refractivity contribution is 9.11. The number of nitrogens with two attached hydrogens (primary N) is 1. The van der Waals surface area contributed by atoms with Gasteiger partial charge in [-0.2, -0.15) is 0 Å². The highest BCUT2D eigenvalue weighted by Crippen LogP contribution is 2.14. The van der Waals surface area contributed by atoms with Gasteiger partial charge in [0.25, 0.3) is 0 Å². The van der Waals surface area contributed by atoms with Crippen molar-refractivity contribution in [3.05, 3.63) is 62.6 Å². The summed E-state index contributed by atoms with van der Waals surface area (Å²) in [6.45, 7) is 0.770. The molecule has 0 aliphatic heterocycles. The van der Waals surface area contributed by atoms with Gasteiger partial charge in [-0.3, -0.25) is 0 Å². The first kappa shape index (κ1) is 29.6. The standard InChI is InChI=1S/C9H10BrN5O.C5H3Br2N.C4H8N4O.CH4/c1-16-6-15-5-9(13-14-15)12-8-3-2-7(10)4-11-8;6-4-1-2-5(7)8-3-4;1-9-3-8-2-4(5)6-7-8;/h2-5H,6H2,1H3,(H,11,12);1-3H;2H,3,5H2,1H3;1H4. The van der Waals surface area contributed by atoms with E-state index < -0.39 is 0 Å². The molecule has 4 aromatic rings. The Kier molecular flexibility index (Phi) is 14.1. The summed E-state index contributed by atoms with van der Waals surface area (Å²) in [5.41, 5.74) is 5.26. The third kappa shape index (κ3) is 11.6. The van der Waals surface area contributed by atoms with E-state index in [4.69, 9.17) is 15.2 Å². The number of nitrogens with zero attached hydrogens (tertiary/aromatic N) is 8. The number of hydrogen-bond acceptors (Lipinski definition) is 10. The predicted molar refractivity (Wildman–Crippen MR) is 140 cm³/mol. The van der Waals surface area contributed by atoms with Crippen LogP contribution in [-0.4, -0.2) is 54.2 Å². The van der Waals surface area contributed by atoms with Crippen LogP contribution < -0.4 is 11.1 Å².